The molecule has 0 saturated carbocycles. The molecule has 0 aliphatic heterocycles. The highest BCUT2D eigenvalue weighted by molar-refractivity contribution is 6.07. The number of nitrogens with zero attached hydrogens (tertiary/aromatic N) is 1. The van der Waals surface area contributed by atoms with Gasteiger partial charge in [0.25, 0.3) is 0 Å². The van der Waals surface area contributed by atoms with E-state index in [-0.39, 0.29) is 16.9 Å². The van der Waals surface area contributed by atoms with E-state index in [1.165, 1.54) is 77.4 Å². The summed E-state index contributed by atoms with van der Waals surface area (Å²) in [6.45, 7) is 16.4. The Bertz CT molecular complexity index is 3460. The highest BCUT2D eigenvalue weighted by atomic mass is 16.3. The molecule has 0 saturated heterocycles. The van der Waals surface area contributed by atoms with Crippen molar-refractivity contribution in [3.05, 3.63) is 211 Å². The maximum Gasteiger partial charge on any atom is 0.136 e. The van der Waals surface area contributed by atoms with E-state index in [4.69, 9.17) is 4.42 Å². The fourth-order valence-electron chi connectivity index (χ4n) is 10.5. The Morgan fingerprint density at radius 2 is 1.00 bits per heavy atom. The van der Waals surface area contributed by atoms with Gasteiger partial charge >= 0.3 is 0 Å². The number of anilines is 2. The van der Waals surface area contributed by atoms with Gasteiger partial charge < -0.3 is 9.32 Å². The quantitative estimate of drug-likeness (QED) is 0.159. The van der Waals surface area contributed by atoms with Crippen LogP contribution < -0.4 is 4.90 Å². The van der Waals surface area contributed by atoms with Crippen LogP contribution in [0.3, 0.4) is 0 Å². The van der Waals surface area contributed by atoms with Crippen LogP contribution in [0.2, 0.25) is 0 Å². The van der Waals surface area contributed by atoms with Crippen LogP contribution in [-0.4, -0.2) is 6.04 Å². The zero-order chi connectivity index (χ0) is 46.0. The third kappa shape index (κ3) is 8.03. The van der Waals surface area contributed by atoms with Gasteiger partial charge in [0.1, 0.15) is 11.2 Å². The topological polar surface area (TPSA) is 16.4 Å². The van der Waals surface area contributed by atoms with Crippen molar-refractivity contribution in [2.45, 2.75) is 78.2 Å². The first-order chi connectivity index (χ1) is 32.4. The molecule has 1 aliphatic rings. The zero-order valence-electron chi connectivity index (χ0n) is 39.9. The largest absolute Gasteiger partial charge is 0.456 e. The molecule has 2 atom stereocenters. The predicted molar refractivity (Wildman–Crippen MR) is 288 cm³/mol. The molecule has 0 bridgehead atoms. The molecule has 2 heteroatoms. The molecule has 0 radical (unpaired) electrons. The highest BCUT2D eigenvalue weighted by Gasteiger charge is 2.32. The SMILES string of the molecule is CC1CC=C(c2cccc3cccc(-c4cc(C(C)(C)C)cc(C(C)(C)C)c4)c23)C(N(c2ccc(-c3ccc4ccccc4c3)cc2)c2ccc(-c3ccc4c(c3)oc3ccccc34)cc2)C1. The average Bonchev–Trinajstić information content (AvgIpc) is 3.71. The summed E-state index contributed by atoms with van der Waals surface area (Å²) >= 11 is 0. The van der Waals surface area contributed by atoms with Gasteiger partial charge in [-0.1, -0.05) is 194 Å². The minimum atomic E-state index is 0.0105. The molecule has 2 unspecified atom stereocenters. The third-order valence-corrected chi connectivity index (χ3v) is 14.3. The molecule has 2 nitrogen and oxygen atoms in total. The molecule has 9 aromatic carbocycles. The van der Waals surface area contributed by atoms with Gasteiger partial charge in [0.15, 0.2) is 0 Å². The molecule has 0 N–H and O–H groups in total. The van der Waals surface area contributed by atoms with Crippen molar-refractivity contribution in [2.24, 2.45) is 5.92 Å². The second-order valence-corrected chi connectivity index (χ2v) is 21.1. The van der Waals surface area contributed by atoms with E-state index in [1.807, 2.05) is 12.1 Å². The first-order valence-corrected chi connectivity index (χ1v) is 24.1. The lowest BCUT2D eigenvalue weighted by atomic mass is 9.77. The first-order valence-electron chi connectivity index (χ1n) is 24.1. The van der Waals surface area contributed by atoms with Crippen LogP contribution in [0.15, 0.2) is 199 Å². The van der Waals surface area contributed by atoms with Crippen LogP contribution in [0.4, 0.5) is 11.4 Å². The van der Waals surface area contributed by atoms with Crippen molar-refractivity contribution in [1.82, 2.24) is 0 Å². The van der Waals surface area contributed by atoms with Crippen molar-refractivity contribution < 1.29 is 4.42 Å². The van der Waals surface area contributed by atoms with Crippen LogP contribution in [0.5, 0.6) is 0 Å². The second kappa shape index (κ2) is 16.6. The van der Waals surface area contributed by atoms with E-state index < -0.39 is 0 Å². The number of furan rings is 1. The lowest BCUT2D eigenvalue weighted by Crippen LogP contribution is -2.35. The van der Waals surface area contributed by atoms with E-state index in [0.29, 0.717) is 5.92 Å². The molecule has 10 aromatic rings. The van der Waals surface area contributed by atoms with Gasteiger partial charge in [-0.2, -0.15) is 0 Å². The number of allylic oxidation sites excluding steroid dienone is 1. The van der Waals surface area contributed by atoms with Crippen molar-refractivity contribution in [3.8, 4) is 33.4 Å². The molecule has 0 fully saturated rings. The fraction of sp³-hybridized carbons (Fsp3) is 0.200. The number of hydrogen-bond donors (Lipinski definition) is 0. The van der Waals surface area contributed by atoms with E-state index in [9.17, 15) is 0 Å². The summed E-state index contributed by atoms with van der Waals surface area (Å²) in [5.74, 6) is 0.509. The van der Waals surface area contributed by atoms with Crippen molar-refractivity contribution in [3.63, 3.8) is 0 Å². The molecule has 330 valence electrons. The van der Waals surface area contributed by atoms with Crippen molar-refractivity contribution >= 4 is 60.4 Å². The van der Waals surface area contributed by atoms with Gasteiger partial charge in [-0.3, -0.25) is 0 Å². The molecule has 11 rings (SSSR count). The summed E-state index contributed by atoms with van der Waals surface area (Å²) in [5.41, 5.74) is 17.0. The van der Waals surface area contributed by atoms with Crippen LogP contribution >= 0.6 is 0 Å². The predicted octanol–water partition coefficient (Wildman–Crippen LogP) is 18.5. The minimum absolute atomic E-state index is 0.0105. The number of benzene rings is 9. The standard InChI is InChI=1S/C65H59NO/c1-42-22-34-56(59-20-13-17-46-16-12-19-55(63(46)59)50-38-51(64(2,3)4)41-52(39-50)65(5,6)7)60(36-42)66(53-30-25-44(26-31-53)48-24-23-43-14-8-9-15-47(43)37-48)54-32-27-45(28-33-54)49-29-35-58-57-18-10-11-21-61(57)67-62(58)40-49/h8-21,23-35,37-42,60H,22,36H2,1-7H3. The van der Waals surface area contributed by atoms with Gasteiger partial charge in [-0.05, 0) is 155 Å². The summed E-state index contributed by atoms with van der Waals surface area (Å²) in [6.07, 6.45) is 4.62. The van der Waals surface area contributed by atoms with Crippen LogP contribution in [0, 0.1) is 5.92 Å². The number of para-hydroxylation sites is 1. The smallest absolute Gasteiger partial charge is 0.136 e. The van der Waals surface area contributed by atoms with Gasteiger partial charge in [0, 0.05) is 22.1 Å². The molecule has 1 heterocycles. The third-order valence-electron chi connectivity index (χ3n) is 14.3. The van der Waals surface area contributed by atoms with Crippen LogP contribution in [-0.2, 0) is 10.8 Å². The molecule has 67 heavy (non-hydrogen) atoms. The maximum absolute atomic E-state index is 6.33. The normalized spacial score (nSPS) is 15.7. The Morgan fingerprint density at radius 1 is 0.448 bits per heavy atom. The molecular weight excluding hydrogens is 811 g/mol. The Hall–Kier alpha value is -7.16. The second-order valence-electron chi connectivity index (χ2n) is 21.1. The number of fused-ring (bicyclic) bond motifs is 5. The minimum Gasteiger partial charge on any atom is -0.456 e. The fourth-order valence-corrected chi connectivity index (χ4v) is 10.5. The van der Waals surface area contributed by atoms with E-state index in [2.05, 4.69) is 235 Å². The van der Waals surface area contributed by atoms with E-state index in [1.54, 1.807) is 0 Å². The van der Waals surface area contributed by atoms with Crippen LogP contribution in [0.1, 0.15) is 78.0 Å². The first kappa shape index (κ1) is 42.5. The summed E-state index contributed by atoms with van der Waals surface area (Å²) in [7, 11) is 0. The van der Waals surface area contributed by atoms with Gasteiger partial charge in [-0.25, -0.2) is 0 Å². The van der Waals surface area contributed by atoms with E-state index in [0.717, 1.165) is 45.9 Å². The van der Waals surface area contributed by atoms with Gasteiger partial charge in [0.2, 0.25) is 0 Å². The molecule has 1 aromatic heterocycles. The lowest BCUT2D eigenvalue weighted by Gasteiger charge is -2.40. The Morgan fingerprint density at radius 3 is 1.67 bits per heavy atom. The Balaban J connectivity index is 1.05. The maximum atomic E-state index is 6.33. The summed E-state index contributed by atoms with van der Waals surface area (Å²) in [6, 6.07) is 70.1. The average molecular weight is 870 g/mol. The van der Waals surface area contributed by atoms with Crippen LogP contribution in [0.25, 0.3) is 82.4 Å². The Kier molecular flexibility index (Phi) is 10.5. The molecule has 0 spiro atoms. The summed E-state index contributed by atoms with van der Waals surface area (Å²) < 4.78 is 6.33. The number of hydrogen-bond acceptors (Lipinski definition) is 2. The number of rotatable bonds is 7. The molecule has 0 amide bonds. The molecule has 1 aliphatic carbocycles. The van der Waals surface area contributed by atoms with Gasteiger partial charge in [-0.15, -0.1) is 0 Å². The highest BCUT2D eigenvalue weighted by Crippen LogP contribution is 2.46. The molecular formula is C65H59NO. The van der Waals surface area contributed by atoms with Crippen molar-refractivity contribution in [2.75, 3.05) is 4.90 Å². The monoisotopic (exact) mass is 869 g/mol. The summed E-state index contributed by atoms with van der Waals surface area (Å²) in [4.78, 5) is 2.62. The van der Waals surface area contributed by atoms with Crippen molar-refractivity contribution in [1.29, 1.82) is 0 Å². The summed E-state index contributed by atoms with van der Waals surface area (Å²) in [5, 5.41) is 7.40. The van der Waals surface area contributed by atoms with E-state index >= 15 is 0 Å². The Labute approximate surface area is 396 Å². The lowest BCUT2D eigenvalue weighted by molar-refractivity contribution is 0.492. The van der Waals surface area contributed by atoms with Gasteiger partial charge in [0.05, 0.1) is 6.04 Å². The zero-order valence-corrected chi connectivity index (χ0v) is 39.9.